The fourth-order valence-corrected chi connectivity index (χ4v) is 6.70. The van der Waals surface area contributed by atoms with Crippen LogP contribution in [0, 0.1) is 0 Å². The van der Waals surface area contributed by atoms with Crippen molar-refractivity contribution < 1.29 is 6.85 Å². The SMILES string of the molecule is [2H]c1c([2H])c([2H])c(-n2c(-c3c4ccccc4c(-c4cc5ccccc5c5ccccc45)c4ccccc34)nc3ccccc32)c([2H])c1[2H]. The Balaban J connectivity index is 1.47. The van der Waals surface area contributed by atoms with Crippen molar-refractivity contribution in [3.63, 3.8) is 0 Å². The molecular weight excluding hydrogens is 520 g/mol. The smallest absolute Gasteiger partial charge is 0.146 e. The minimum atomic E-state index is -0.428. The predicted molar refractivity (Wildman–Crippen MR) is 182 cm³/mol. The standard InChI is InChI=1S/C41H26N2/c1-2-15-28(16-3-1)43-38-25-13-12-24-37(38)42-41(43)40-34-22-10-8-20-32(34)39(33-21-9-11-23-35(33)40)36-26-27-14-4-5-17-29(27)30-18-6-7-19-31(30)36/h1-26H/i1D,2D,3D,15D,16D. The van der Waals surface area contributed by atoms with Crippen molar-refractivity contribution >= 4 is 54.1 Å². The lowest BCUT2D eigenvalue weighted by Crippen LogP contribution is -1.99. The molecule has 43 heavy (non-hydrogen) atoms. The molecule has 0 radical (unpaired) electrons. The second kappa shape index (κ2) is 9.40. The molecule has 9 aromatic rings. The first-order chi connectivity index (χ1) is 23.4. The first-order valence-corrected chi connectivity index (χ1v) is 14.3. The lowest BCUT2D eigenvalue weighted by atomic mass is 9.85. The molecule has 0 saturated carbocycles. The van der Waals surface area contributed by atoms with Gasteiger partial charge in [0.25, 0.3) is 0 Å². The van der Waals surface area contributed by atoms with E-state index < -0.39 is 6.04 Å². The number of nitrogens with zero attached hydrogens (tertiary/aromatic N) is 2. The second-order valence-corrected chi connectivity index (χ2v) is 10.8. The number of fused-ring (bicyclic) bond motifs is 6. The van der Waals surface area contributed by atoms with E-state index in [0.29, 0.717) is 16.9 Å². The van der Waals surface area contributed by atoms with Gasteiger partial charge >= 0.3 is 0 Å². The van der Waals surface area contributed by atoms with E-state index in [1.165, 1.54) is 10.8 Å². The number of para-hydroxylation sites is 3. The van der Waals surface area contributed by atoms with Crippen LogP contribution in [0.15, 0.2) is 158 Å². The van der Waals surface area contributed by atoms with Gasteiger partial charge in [-0.1, -0.05) is 127 Å². The maximum absolute atomic E-state index is 8.94. The van der Waals surface area contributed by atoms with Crippen LogP contribution >= 0.6 is 0 Å². The molecule has 200 valence electrons. The first kappa shape index (κ1) is 19.4. The Labute approximate surface area is 256 Å². The molecular formula is C41H26N2. The summed E-state index contributed by atoms with van der Waals surface area (Å²) in [5.74, 6) is 0.511. The summed E-state index contributed by atoms with van der Waals surface area (Å²) in [5, 5.41) is 8.68. The number of benzene rings is 8. The zero-order valence-electron chi connectivity index (χ0n) is 28.0. The molecule has 0 atom stereocenters. The molecule has 0 amide bonds. The Kier molecular flexibility index (Phi) is 4.24. The Morgan fingerprint density at radius 3 is 1.72 bits per heavy atom. The van der Waals surface area contributed by atoms with Gasteiger partial charge in [-0.2, -0.15) is 0 Å². The highest BCUT2D eigenvalue weighted by Crippen LogP contribution is 2.47. The molecule has 1 aromatic heterocycles. The maximum Gasteiger partial charge on any atom is 0.146 e. The molecule has 2 nitrogen and oxygen atoms in total. The maximum atomic E-state index is 8.94. The normalized spacial score (nSPS) is 13.3. The van der Waals surface area contributed by atoms with Gasteiger partial charge in [0.2, 0.25) is 0 Å². The predicted octanol–water partition coefficient (Wildman–Crippen LogP) is 11.0. The third kappa shape index (κ3) is 3.57. The molecule has 1 heterocycles. The van der Waals surface area contributed by atoms with Crippen LogP contribution in [-0.4, -0.2) is 9.55 Å². The number of hydrogen-bond donors (Lipinski definition) is 0. The molecule has 0 unspecified atom stereocenters. The van der Waals surface area contributed by atoms with Crippen LogP contribution in [0.4, 0.5) is 0 Å². The Hall–Kier alpha value is -5.73. The molecule has 8 aromatic carbocycles. The first-order valence-electron chi connectivity index (χ1n) is 16.8. The van der Waals surface area contributed by atoms with E-state index in [1.54, 1.807) is 4.57 Å². The van der Waals surface area contributed by atoms with E-state index >= 15 is 0 Å². The molecule has 0 aliphatic heterocycles. The lowest BCUT2D eigenvalue weighted by molar-refractivity contribution is 1.11. The zero-order chi connectivity index (χ0) is 32.7. The van der Waals surface area contributed by atoms with Crippen LogP contribution in [0.5, 0.6) is 0 Å². The average Bonchev–Trinajstić information content (AvgIpc) is 3.50. The van der Waals surface area contributed by atoms with Crippen LogP contribution in [0.25, 0.3) is 82.3 Å². The molecule has 0 saturated heterocycles. The molecule has 0 aliphatic carbocycles. The van der Waals surface area contributed by atoms with E-state index in [1.807, 2.05) is 48.5 Å². The molecule has 0 N–H and O–H groups in total. The fourth-order valence-electron chi connectivity index (χ4n) is 6.70. The highest BCUT2D eigenvalue weighted by Gasteiger charge is 2.23. The fraction of sp³-hybridized carbons (Fsp3) is 0. The zero-order valence-corrected chi connectivity index (χ0v) is 23.0. The highest BCUT2D eigenvalue weighted by atomic mass is 15.1. The molecule has 9 rings (SSSR count). The Bertz CT molecular complexity index is 2720. The molecule has 2 heteroatoms. The van der Waals surface area contributed by atoms with E-state index in [9.17, 15) is 0 Å². The monoisotopic (exact) mass is 551 g/mol. The summed E-state index contributed by atoms with van der Waals surface area (Å²) in [6.45, 7) is 0. The van der Waals surface area contributed by atoms with E-state index in [0.717, 1.165) is 49.0 Å². The van der Waals surface area contributed by atoms with Crippen molar-refractivity contribution in [2.45, 2.75) is 0 Å². The third-order valence-electron chi connectivity index (χ3n) is 8.46. The van der Waals surface area contributed by atoms with Gasteiger partial charge in [0.05, 0.1) is 17.9 Å². The van der Waals surface area contributed by atoms with Crippen molar-refractivity contribution in [1.82, 2.24) is 9.55 Å². The molecule has 0 spiro atoms. The number of imidazole rings is 1. The van der Waals surface area contributed by atoms with Gasteiger partial charge in [-0.3, -0.25) is 4.57 Å². The van der Waals surface area contributed by atoms with Gasteiger partial charge in [0.15, 0.2) is 0 Å². The van der Waals surface area contributed by atoms with E-state index in [2.05, 4.69) is 78.9 Å². The summed E-state index contributed by atoms with van der Waals surface area (Å²) >= 11 is 0. The van der Waals surface area contributed by atoms with Crippen LogP contribution in [-0.2, 0) is 0 Å². The van der Waals surface area contributed by atoms with Gasteiger partial charge in [0, 0.05) is 11.3 Å². The van der Waals surface area contributed by atoms with E-state index in [4.69, 9.17) is 11.8 Å². The number of rotatable bonds is 3. The topological polar surface area (TPSA) is 17.8 Å². The summed E-state index contributed by atoms with van der Waals surface area (Å²) in [4.78, 5) is 5.14. The van der Waals surface area contributed by atoms with Crippen LogP contribution in [0.3, 0.4) is 0 Å². The van der Waals surface area contributed by atoms with Crippen molar-refractivity contribution in [1.29, 1.82) is 0 Å². The summed E-state index contributed by atoms with van der Waals surface area (Å²) in [6, 6.07) is 41.7. The quantitative estimate of drug-likeness (QED) is 0.158. The van der Waals surface area contributed by atoms with Gasteiger partial charge in [0.1, 0.15) is 5.82 Å². The van der Waals surface area contributed by atoms with Crippen LogP contribution < -0.4 is 0 Å². The summed E-state index contributed by atoms with van der Waals surface area (Å²) in [7, 11) is 0. The Morgan fingerprint density at radius 1 is 0.488 bits per heavy atom. The minimum Gasteiger partial charge on any atom is -0.292 e. The van der Waals surface area contributed by atoms with Crippen LogP contribution in [0.1, 0.15) is 6.85 Å². The van der Waals surface area contributed by atoms with E-state index in [-0.39, 0.29) is 29.9 Å². The van der Waals surface area contributed by atoms with Crippen LogP contribution in [0.2, 0.25) is 0 Å². The van der Waals surface area contributed by atoms with Gasteiger partial charge < -0.3 is 0 Å². The lowest BCUT2D eigenvalue weighted by Gasteiger charge is -2.20. The van der Waals surface area contributed by atoms with Crippen molar-refractivity contribution in [3.8, 4) is 28.2 Å². The Morgan fingerprint density at radius 2 is 1.02 bits per heavy atom. The molecule has 0 aliphatic rings. The number of aromatic nitrogens is 2. The molecule has 0 bridgehead atoms. The van der Waals surface area contributed by atoms with Crippen molar-refractivity contribution in [3.05, 3.63) is 158 Å². The summed E-state index contributed by atoms with van der Waals surface area (Å²) in [6.07, 6.45) is 0. The van der Waals surface area contributed by atoms with Crippen molar-refractivity contribution in [2.75, 3.05) is 0 Å². The second-order valence-electron chi connectivity index (χ2n) is 10.8. The van der Waals surface area contributed by atoms with Gasteiger partial charge in [-0.05, 0) is 84.5 Å². The minimum absolute atomic E-state index is 0.0717. The van der Waals surface area contributed by atoms with Gasteiger partial charge in [-0.25, -0.2) is 4.98 Å². The van der Waals surface area contributed by atoms with Crippen molar-refractivity contribution in [2.24, 2.45) is 0 Å². The highest BCUT2D eigenvalue weighted by molar-refractivity contribution is 6.25. The van der Waals surface area contributed by atoms with Gasteiger partial charge in [-0.15, -0.1) is 0 Å². The molecule has 0 fully saturated rings. The summed E-state index contributed by atoms with van der Waals surface area (Å²) in [5.41, 5.74) is 4.46. The number of hydrogen-bond acceptors (Lipinski definition) is 1. The third-order valence-corrected chi connectivity index (χ3v) is 8.46. The average molecular weight is 552 g/mol. The largest absolute Gasteiger partial charge is 0.292 e. The summed E-state index contributed by atoms with van der Waals surface area (Å²) < 4.78 is 44.9.